The maximum absolute atomic E-state index is 10.7. The van der Waals surface area contributed by atoms with Gasteiger partial charge in [0.2, 0.25) is 5.88 Å². The molecule has 0 saturated carbocycles. The van der Waals surface area contributed by atoms with Crippen LogP contribution in [0.1, 0.15) is 30.4 Å². The molecule has 28 heavy (non-hydrogen) atoms. The summed E-state index contributed by atoms with van der Waals surface area (Å²) in [5, 5.41) is 18.5. The van der Waals surface area contributed by atoms with Gasteiger partial charge < -0.3 is 14.9 Å². The third kappa shape index (κ3) is 4.88. The second kappa shape index (κ2) is 8.57. The first-order valence-corrected chi connectivity index (χ1v) is 9.14. The number of nitrogens with zero attached hydrogens (tertiary/aromatic N) is 1. The number of ether oxygens (including phenoxy) is 1. The van der Waals surface area contributed by atoms with Crippen molar-refractivity contribution >= 4 is 5.97 Å². The SMILES string of the molecule is Cc1cc(O)cc(C)c1-c1cccc(OC=C2C=CC(CCC(=O)O)=CC2)n1. The molecule has 1 heterocycles. The summed E-state index contributed by atoms with van der Waals surface area (Å²) in [5.74, 6) is -0.0503. The first-order chi connectivity index (χ1) is 13.4. The Labute approximate surface area is 164 Å². The summed E-state index contributed by atoms with van der Waals surface area (Å²) < 4.78 is 5.75. The van der Waals surface area contributed by atoms with Gasteiger partial charge in [-0.2, -0.15) is 0 Å². The summed E-state index contributed by atoms with van der Waals surface area (Å²) in [4.78, 5) is 15.2. The first-order valence-electron chi connectivity index (χ1n) is 9.14. The number of hydrogen-bond donors (Lipinski definition) is 2. The summed E-state index contributed by atoms with van der Waals surface area (Å²) in [6, 6.07) is 9.06. The third-order valence-electron chi connectivity index (χ3n) is 4.57. The van der Waals surface area contributed by atoms with Gasteiger partial charge in [0, 0.05) is 18.1 Å². The van der Waals surface area contributed by atoms with Gasteiger partial charge in [-0.25, -0.2) is 4.98 Å². The van der Waals surface area contributed by atoms with Crippen LogP contribution in [0.3, 0.4) is 0 Å². The number of carbonyl (C=O) groups is 1. The van der Waals surface area contributed by atoms with Gasteiger partial charge in [-0.15, -0.1) is 0 Å². The first kappa shape index (κ1) is 19.4. The Morgan fingerprint density at radius 3 is 2.61 bits per heavy atom. The number of aromatic nitrogens is 1. The second-order valence-corrected chi connectivity index (χ2v) is 6.84. The van der Waals surface area contributed by atoms with Gasteiger partial charge in [-0.1, -0.05) is 29.9 Å². The van der Waals surface area contributed by atoms with E-state index in [-0.39, 0.29) is 12.2 Å². The molecule has 0 saturated heterocycles. The third-order valence-corrected chi connectivity index (χ3v) is 4.57. The molecule has 3 rings (SSSR count). The van der Waals surface area contributed by atoms with E-state index in [1.807, 2.05) is 44.2 Å². The fourth-order valence-corrected chi connectivity index (χ4v) is 3.22. The van der Waals surface area contributed by atoms with E-state index in [0.29, 0.717) is 18.7 Å². The Morgan fingerprint density at radius 1 is 1.21 bits per heavy atom. The predicted octanol–water partition coefficient (Wildman–Crippen LogP) is 5.08. The lowest BCUT2D eigenvalue weighted by Gasteiger charge is -2.12. The predicted molar refractivity (Wildman–Crippen MR) is 108 cm³/mol. The van der Waals surface area contributed by atoms with Crippen molar-refractivity contribution in [2.75, 3.05) is 0 Å². The van der Waals surface area contributed by atoms with Crippen LogP contribution in [0.25, 0.3) is 11.3 Å². The second-order valence-electron chi connectivity index (χ2n) is 6.84. The highest BCUT2D eigenvalue weighted by molar-refractivity contribution is 5.69. The average Bonchev–Trinajstić information content (AvgIpc) is 2.65. The van der Waals surface area contributed by atoms with E-state index in [2.05, 4.69) is 4.98 Å². The van der Waals surface area contributed by atoms with Gasteiger partial charge in [0.25, 0.3) is 0 Å². The van der Waals surface area contributed by atoms with Gasteiger partial charge in [0.05, 0.1) is 12.0 Å². The van der Waals surface area contributed by atoms with Gasteiger partial charge in [0.15, 0.2) is 0 Å². The zero-order chi connectivity index (χ0) is 20.1. The molecule has 0 radical (unpaired) electrons. The summed E-state index contributed by atoms with van der Waals surface area (Å²) in [5.41, 5.74) is 5.70. The molecule has 0 bridgehead atoms. The maximum Gasteiger partial charge on any atom is 0.303 e. The van der Waals surface area contributed by atoms with Crippen molar-refractivity contribution in [3.8, 4) is 22.9 Å². The minimum absolute atomic E-state index is 0.137. The van der Waals surface area contributed by atoms with Crippen molar-refractivity contribution in [1.29, 1.82) is 0 Å². The van der Waals surface area contributed by atoms with E-state index in [9.17, 15) is 9.90 Å². The van der Waals surface area contributed by atoms with E-state index in [1.54, 1.807) is 24.5 Å². The molecule has 1 aromatic carbocycles. The molecule has 0 fully saturated rings. The lowest BCUT2D eigenvalue weighted by atomic mass is 9.99. The van der Waals surface area contributed by atoms with E-state index >= 15 is 0 Å². The fourth-order valence-electron chi connectivity index (χ4n) is 3.22. The molecule has 0 amide bonds. The number of rotatable bonds is 6. The number of carboxylic acids is 1. The number of phenols is 1. The summed E-state index contributed by atoms with van der Waals surface area (Å²) in [6.45, 7) is 3.89. The Bertz CT molecular complexity index is 963. The standard InChI is InChI=1S/C23H23NO4/c1-15-12-19(25)13-16(2)23(15)20-4-3-5-21(24-20)28-14-18-8-6-17(7-9-18)10-11-22(26)27/h3-8,12-14,25H,9-11H2,1-2H3,(H,26,27). The van der Waals surface area contributed by atoms with Crippen LogP contribution in [-0.2, 0) is 4.79 Å². The number of pyridine rings is 1. The highest BCUT2D eigenvalue weighted by atomic mass is 16.5. The monoisotopic (exact) mass is 377 g/mol. The van der Waals surface area contributed by atoms with Gasteiger partial charge in [-0.05, 0) is 61.6 Å². The van der Waals surface area contributed by atoms with Crippen LogP contribution in [0.5, 0.6) is 11.6 Å². The van der Waals surface area contributed by atoms with Crippen LogP contribution in [-0.4, -0.2) is 21.2 Å². The molecule has 2 aromatic rings. The van der Waals surface area contributed by atoms with Crippen LogP contribution in [0.4, 0.5) is 0 Å². The molecule has 0 atom stereocenters. The normalized spacial score (nSPS) is 14.8. The number of benzene rings is 1. The molecule has 2 N–H and O–H groups in total. The quantitative estimate of drug-likeness (QED) is 0.686. The van der Waals surface area contributed by atoms with Crippen molar-refractivity contribution in [1.82, 2.24) is 4.98 Å². The molecular weight excluding hydrogens is 354 g/mol. The number of phenolic OH excluding ortho intramolecular Hbond substituents is 1. The zero-order valence-corrected chi connectivity index (χ0v) is 16.0. The number of carboxylic acid groups (broad SMARTS) is 1. The van der Waals surface area contributed by atoms with Gasteiger partial charge >= 0.3 is 5.97 Å². The molecule has 0 spiro atoms. The van der Waals surface area contributed by atoms with Crippen molar-refractivity contribution in [2.24, 2.45) is 0 Å². The molecule has 1 aliphatic carbocycles. The molecular formula is C23H23NO4. The van der Waals surface area contributed by atoms with E-state index < -0.39 is 5.97 Å². The van der Waals surface area contributed by atoms with Crippen LogP contribution in [0, 0.1) is 13.8 Å². The van der Waals surface area contributed by atoms with Crippen molar-refractivity contribution in [3.05, 3.63) is 77.1 Å². The summed E-state index contributed by atoms with van der Waals surface area (Å²) in [7, 11) is 0. The van der Waals surface area contributed by atoms with Crippen LogP contribution < -0.4 is 4.74 Å². The summed E-state index contributed by atoms with van der Waals surface area (Å²) >= 11 is 0. The molecule has 1 aromatic heterocycles. The van der Waals surface area contributed by atoms with Crippen molar-refractivity contribution < 1.29 is 19.7 Å². The molecule has 5 heteroatoms. The number of aryl methyl sites for hydroxylation is 2. The molecule has 5 nitrogen and oxygen atoms in total. The molecule has 144 valence electrons. The Hall–Kier alpha value is -3.34. The lowest BCUT2D eigenvalue weighted by molar-refractivity contribution is -0.136. The topological polar surface area (TPSA) is 79.7 Å². The molecule has 1 aliphatic rings. The van der Waals surface area contributed by atoms with Gasteiger partial charge in [-0.3, -0.25) is 4.79 Å². The molecule has 0 unspecified atom stereocenters. The average molecular weight is 377 g/mol. The molecule has 0 aliphatic heterocycles. The van der Waals surface area contributed by atoms with Crippen molar-refractivity contribution in [3.63, 3.8) is 0 Å². The number of aromatic hydroxyl groups is 1. The Kier molecular flexibility index (Phi) is 5.94. The smallest absolute Gasteiger partial charge is 0.303 e. The minimum atomic E-state index is -0.788. The number of hydrogen-bond acceptors (Lipinski definition) is 4. The summed E-state index contributed by atoms with van der Waals surface area (Å²) in [6.07, 6.45) is 8.92. The minimum Gasteiger partial charge on any atom is -0.508 e. The maximum atomic E-state index is 10.7. The Morgan fingerprint density at radius 2 is 1.96 bits per heavy atom. The van der Waals surface area contributed by atoms with E-state index in [0.717, 1.165) is 33.5 Å². The number of aliphatic carboxylic acids is 1. The zero-order valence-electron chi connectivity index (χ0n) is 16.0. The van der Waals surface area contributed by atoms with Crippen LogP contribution >= 0.6 is 0 Å². The number of allylic oxidation sites excluding steroid dienone is 5. The van der Waals surface area contributed by atoms with Gasteiger partial charge in [0.1, 0.15) is 5.75 Å². The highest BCUT2D eigenvalue weighted by Crippen LogP contribution is 2.30. The lowest BCUT2D eigenvalue weighted by Crippen LogP contribution is -1.97. The largest absolute Gasteiger partial charge is 0.508 e. The fraction of sp³-hybridized carbons (Fsp3) is 0.217. The van der Waals surface area contributed by atoms with Crippen molar-refractivity contribution in [2.45, 2.75) is 33.1 Å². The van der Waals surface area contributed by atoms with Crippen LogP contribution in [0.15, 0.2) is 66.0 Å². The van der Waals surface area contributed by atoms with E-state index in [4.69, 9.17) is 9.84 Å². The highest BCUT2D eigenvalue weighted by Gasteiger charge is 2.10. The van der Waals surface area contributed by atoms with E-state index in [1.165, 1.54) is 0 Å². The van der Waals surface area contributed by atoms with Crippen LogP contribution in [0.2, 0.25) is 0 Å². The Balaban J connectivity index is 1.71.